The molecule has 1 heterocycles. The zero-order valence-corrected chi connectivity index (χ0v) is 16.8. The van der Waals surface area contributed by atoms with Crippen molar-refractivity contribution in [2.24, 2.45) is 0 Å². The van der Waals surface area contributed by atoms with Gasteiger partial charge in [0.15, 0.2) is 0 Å². The van der Waals surface area contributed by atoms with Crippen LogP contribution in [-0.2, 0) is 0 Å². The number of amides is 1. The van der Waals surface area contributed by atoms with Gasteiger partial charge in [-0.3, -0.25) is 14.9 Å². The Balaban J connectivity index is 0.00000261. The smallest absolute Gasteiger partial charge is 0.284 e. The molecule has 0 aromatic heterocycles. The fraction of sp³-hybridized carbons (Fsp3) is 0.316. The molecule has 1 unspecified atom stereocenters. The van der Waals surface area contributed by atoms with Gasteiger partial charge in [-0.05, 0) is 44.2 Å². The Bertz CT molecular complexity index is 823. The van der Waals surface area contributed by atoms with Crippen molar-refractivity contribution >= 4 is 35.8 Å². The number of aryl methyl sites for hydroxylation is 1. The molecule has 1 atom stereocenters. The topological polar surface area (TPSA) is 75.5 Å². The van der Waals surface area contributed by atoms with Gasteiger partial charge in [0.25, 0.3) is 11.6 Å². The van der Waals surface area contributed by atoms with E-state index in [4.69, 9.17) is 0 Å². The zero-order chi connectivity index (χ0) is 18.7. The van der Waals surface area contributed by atoms with Crippen molar-refractivity contribution in [1.82, 2.24) is 10.2 Å². The first-order valence-corrected chi connectivity index (χ1v) is 9.28. The molecule has 0 saturated carbocycles. The SMILES string of the molecule is Cc1ccc(Sc2ccc(C(=O)N(C)C3CCNC3)cc2[N+](=O)[O-])cc1.Cl. The minimum atomic E-state index is -0.426. The van der Waals surface area contributed by atoms with Crippen LogP contribution in [0, 0.1) is 17.0 Å². The fourth-order valence-corrected chi connectivity index (χ4v) is 3.85. The number of rotatable bonds is 5. The molecule has 1 aliphatic heterocycles. The predicted octanol–water partition coefficient (Wildman–Crippen LogP) is 3.91. The lowest BCUT2D eigenvalue weighted by Gasteiger charge is -2.23. The van der Waals surface area contributed by atoms with E-state index < -0.39 is 4.92 Å². The van der Waals surface area contributed by atoms with Gasteiger partial charge in [-0.1, -0.05) is 29.5 Å². The Kier molecular flexibility index (Phi) is 7.24. The summed E-state index contributed by atoms with van der Waals surface area (Å²) < 4.78 is 0. The number of halogens is 1. The number of hydrogen-bond acceptors (Lipinski definition) is 5. The van der Waals surface area contributed by atoms with E-state index in [1.165, 1.54) is 17.8 Å². The van der Waals surface area contributed by atoms with E-state index in [0.717, 1.165) is 30.0 Å². The lowest BCUT2D eigenvalue weighted by molar-refractivity contribution is -0.387. The summed E-state index contributed by atoms with van der Waals surface area (Å²) in [5, 5.41) is 14.7. The first-order valence-electron chi connectivity index (χ1n) is 8.46. The van der Waals surface area contributed by atoms with Crippen LogP contribution in [0.15, 0.2) is 52.3 Å². The number of benzene rings is 2. The Labute approximate surface area is 168 Å². The summed E-state index contributed by atoms with van der Waals surface area (Å²) in [5.41, 5.74) is 1.44. The number of nitrogens with zero attached hydrogens (tertiary/aromatic N) is 2. The third kappa shape index (κ3) is 5.00. The van der Waals surface area contributed by atoms with Crippen molar-refractivity contribution < 1.29 is 9.72 Å². The lowest BCUT2D eigenvalue weighted by Crippen LogP contribution is -2.38. The van der Waals surface area contributed by atoms with Crippen LogP contribution in [0.4, 0.5) is 5.69 Å². The molecule has 1 saturated heterocycles. The van der Waals surface area contributed by atoms with Crippen molar-refractivity contribution in [3.63, 3.8) is 0 Å². The largest absolute Gasteiger partial charge is 0.337 e. The second kappa shape index (κ2) is 9.21. The summed E-state index contributed by atoms with van der Waals surface area (Å²) in [5.74, 6) is -0.186. The van der Waals surface area contributed by atoms with Gasteiger partial charge in [0, 0.05) is 36.2 Å². The van der Waals surface area contributed by atoms with Crippen LogP contribution in [0.3, 0.4) is 0 Å². The first-order chi connectivity index (χ1) is 12.5. The second-order valence-corrected chi connectivity index (χ2v) is 7.53. The highest BCUT2D eigenvalue weighted by atomic mass is 35.5. The van der Waals surface area contributed by atoms with E-state index in [1.807, 2.05) is 31.2 Å². The van der Waals surface area contributed by atoms with Crippen LogP contribution < -0.4 is 5.32 Å². The Hall–Kier alpha value is -2.09. The highest BCUT2D eigenvalue weighted by molar-refractivity contribution is 7.99. The molecule has 144 valence electrons. The molecule has 0 aliphatic carbocycles. The molecular formula is C19H22ClN3O3S. The van der Waals surface area contributed by atoms with Crippen LogP contribution in [-0.4, -0.2) is 41.9 Å². The van der Waals surface area contributed by atoms with Gasteiger partial charge in [0.2, 0.25) is 0 Å². The van der Waals surface area contributed by atoms with Crippen molar-refractivity contribution in [1.29, 1.82) is 0 Å². The minimum Gasteiger partial charge on any atom is -0.337 e. The van der Waals surface area contributed by atoms with Crippen molar-refractivity contribution in [2.75, 3.05) is 20.1 Å². The Morgan fingerprint density at radius 3 is 2.56 bits per heavy atom. The van der Waals surface area contributed by atoms with Crippen molar-refractivity contribution in [2.45, 2.75) is 29.2 Å². The van der Waals surface area contributed by atoms with Gasteiger partial charge >= 0.3 is 0 Å². The van der Waals surface area contributed by atoms with Gasteiger partial charge in [-0.15, -0.1) is 12.4 Å². The molecule has 1 amide bonds. The molecule has 1 aliphatic rings. The summed E-state index contributed by atoms with van der Waals surface area (Å²) in [7, 11) is 1.75. The molecule has 2 aromatic rings. The predicted molar refractivity (Wildman–Crippen MR) is 109 cm³/mol. The van der Waals surface area contributed by atoms with Crippen molar-refractivity contribution in [3.8, 4) is 0 Å². The number of nitrogens with one attached hydrogen (secondary N) is 1. The Morgan fingerprint density at radius 2 is 1.96 bits per heavy atom. The highest BCUT2D eigenvalue weighted by Crippen LogP contribution is 2.35. The van der Waals surface area contributed by atoms with E-state index in [-0.39, 0.29) is 30.0 Å². The van der Waals surface area contributed by atoms with E-state index in [0.29, 0.717) is 10.5 Å². The quantitative estimate of drug-likeness (QED) is 0.600. The summed E-state index contributed by atoms with van der Waals surface area (Å²) in [6.45, 7) is 3.63. The van der Waals surface area contributed by atoms with Gasteiger partial charge in [0.1, 0.15) is 0 Å². The monoisotopic (exact) mass is 407 g/mol. The molecule has 0 radical (unpaired) electrons. The van der Waals surface area contributed by atoms with E-state index in [9.17, 15) is 14.9 Å². The summed E-state index contributed by atoms with van der Waals surface area (Å²) in [6.07, 6.45) is 0.895. The molecule has 6 nitrogen and oxygen atoms in total. The first kappa shape index (κ1) is 21.2. The lowest BCUT2D eigenvalue weighted by atomic mass is 10.1. The number of likely N-dealkylation sites (N-methyl/N-ethyl adjacent to an activating group) is 1. The molecule has 0 spiro atoms. The van der Waals surface area contributed by atoms with Crippen LogP contribution in [0.25, 0.3) is 0 Å². The number of nitro groups is 1. The molecule has 27 heavy (non-hydrogen) atoms. The van der Waals surface area contributed by atoms with Crippen LogP contribution >= 0.6 is 24.2 Å². The van der Waals surface area contributed by atoms with Gasteiger partial charge in [-0.2, -0.15) is 0 Å². The number of hydrogen-bond donors (Lipinski definition) is 1. The van der Waals surface area contributed by atoms with E-state index >= 15 is 0 Å². The molecule has 3 rings (SSSR count). The molecule has 1 fully saturated rings. The summed E-state index contributed by atoms with van der Waals surface area (Å²) in [4.78, 5) is 26.9. The van der Waals surface area contributed by atoms with Crippen LogP contribution in [0.1, 0.15) is 22.3 Å². The van der Waals surface area contributed by atoms with Gasteiger partial charge in [-0.25, -0.2) is 0 Å². The normalized spacial score (nSPS) is 15.9. The average molecular weight is 408 g/mol. The molecule has 2 aromatic carbocycles. The maximum Gasteiger partial charge on any atom is 0.284 e. The second-order valence-electron chi connectivity index (χ2n) is 6.42. The number of nitro benzene ring substituents is 1. The standard InChI is InChI=1S/C19H21N3O3S.ClH/c1-13-3-6-16(7-4-13)26-18-8-5-14(11-17(18)22(24)25)19(23)21(2)15-9-10-20-12-15;/h3-8,11,15,20H,9-10,12H2,1-2H3;1H. The van der Waals surface area contributed by atoms with E-state index in [1.54, 1.807) is 24.1 Å². The van der Waals surface area contributed by atoms with Gasteiger partial charge in [0.05, 0.1) is 9.82 Å². The third-order valence-corrected chi connectivity index (χ3v) is 5.63. The molecule has 0 bridgehead atoms. The molecule has 1 N–H and O–H groups in total. The fourth-order valence-electron chi connectivity index (χ4n) is 2.95. The summed E-state index contributed by atoms with van der Waals surface area (Å²) in [6, 6.07) is 12.7. The summed E-state index contributed by atoms with van der Waals surface area (Å²) >= 11 is 1.33. The number of carbonyl (C=O) groups is 1. The van der Waals surface area contributed by atoms with Crippen LogP contribution in [0.2, 0.25) is 0 Å². The maximum atomic E-state index is 12.7. The van der Waals surface area contributed by atoms with E-state index in [2.05, 4.69) is 5.32 Å². The highest BCUT2D eigenvalue weighted by Gasteiger charge is 2.26. The molecular weight excluding hydrogens is 386 g/mol. The maximum absolute atomic E-state index is 12.7. The zero-order valence-electron chi connectivity index (χ0n) is 15.2. The number of carbonyl (C=O) groups excluding carboxylic acids is 1. The minimum absolute atomic E-state index is 0. The van der Waals surface area contributed by atoms with Crippen LogP contribution in [0.5, 0.6) is 0 Å². The Morgan fingerprint density at radius 1 is 1.26 bits per heavy atom. The van der Waals surface area contributed by atoms with Crippen molar-refractivity contribution in [3.05, 3.63) is 63.7 Å². The molecule has 8 heteroatoms. The third-order valence-electron chi connectivity index (χ3n) is 4.55. The average Bonchev–Trinajstić information content (AvgIpc) is 3.17. The van der Waals surface area contributed by atoms with Gasteiger partial charge < -0.3 is 10.2 Å².